The highest BCUT2D eigenvalue weighted by Gasteiger charge is 2.20. The molecule has 0 aliphatic carbocycles. The van der Waals surface area contributed by atoms with Crippen LogP contribution in [0.2, 0.25) is 0 Å². The number of carbonyl (C=O) groups excluding carboxylic acids is 2. The molecule has 1 aliphatic heterocycles. The summed E-state index contributed by atoms with van der Waals surface area (Å²) in [6.07, 6.45) is 0.736. The van der Waals surface area contributed by atoms with Crippen LogP contribution in [-0.2, 0) is 4.79 Å². The van der Waals surface area contributed by atoms with E-state index >= 15 is 0 Å². The van der Waals surface area contributed by atoms with Crippen molar-refractivity contribution in [2.75, 3.05) is 19.6 Å². The van der Waals surface area contributed by atoms with Gasteiger partial charge in [0.05, 0.1) is 6.54 Å². The monoisotopic (exact) mass is 276 g/mol. The summed E-state index contributed by atoms with van der Waals surface area (Å²) in [4.78, 5) is 25.2. The van der Waals surface area contributed by atoms with E-state index in [2.05, 4.69) is 10.5 Å². The standard InChI is InChI=1S/C13H16N4O3/c14-12(16-20)9-2-4-10(5-3-9)13(19)17-7-1-6-15-11(18)8-17/h2-5,20H,1,6-8H2,(H2,14,16)(H,15,18). The molecule has 0 bridgehead atoms. The molecule has 2 rings (SSSR count). The average molecular weight is 276 g/mol. The van der Waals surface area contributed by atoms with Crippen molar-refractivity contribution in [3.05, 3.63) is 35.4 Å². The normalized spacial score (nSPS) is 16.5. The summed E-state index contributed by atoms with van der Waals surface area (Å²) in [5, 5.41) is 14.2. The average Bonchev–Trinajstić information content (AvgIpc) is 2.70. The molecule has 4 N–H and O–H groups in total. The summed E-state index contributed by atoms with van der Waals surface area (Å²) >= 11 is 0. The van der Waals surface area contributed by atoms with Crippen LogP contribution in [-0.4, -0.2) is 47.4 Å². The van der Waals surface area contributed by atoms with Crippen LogP contribution in [0.25, 0.3) is 0 Å². The first-order valence-electron chi connectivity index (χ1n) is 6.26. The molecule has 20 heavy (non-hydrogen) atoms. The first-order valence-corrected chi connectivity index (χ1v) is 6.26. The molecule has 2 amide bonds. The number of hydrogen-bond donors (Lipinski definition) is 3. The maximum atomic E-state index is 12.3. The quantitative estimate of drug-likeness (QED) is 0.299. The van der Waals surface area contributed by atoms with Gasteiger partial charge in [-0.25, -0.2) is 0 Å². The molecule has 0 spiro atoms. The number of nitrogens with one attached hydrogen (secondary N) is 1. The molecular weight excluding hydrogens is 260 g/mol. The zero-order valence-electron chi connectivity index (χ0n) is 10.9. The van der Waals surface area contributed by atoms with Crippen molar-refractivity contribution >= 4 is 17.6 Å². The van der Waals surface area contributed by atoms with Crippen molar-refractivity contribution in [3.63, 3.8) is 0 Å². The predicted octanol–water partition coefficient (Wildman–Crippen LogP) is -0.257. The second-order valence-electron chi connectivity index (χ2n) is 4.49. The maximum Gasteiger partial charge on any atom is 0.254 e. The summed E-state index contributed by atoms with van der Waals surface area (Å²) in [5.41, 5.74) is 6.45. The minimum absolute atomic E-state index is 0.0156. The van der Waals surface area contributed by atoms with E-state index in [0.717, 1.165) is 6.42 Å². The lowest BCUT2D eigenvalue weighted by Crippen LogP contribution is -2.37. The van der Waals surface area contributed by atoms with Crippen molar-refractivity contribution in [2.45, 2.75) is 6.42 Å². The third kappa shape index (κ3) is 3.05. The molecule has 1 aromatic rings. The second kappa shape index (κ2) is 6.05. The maximum absolute atomic E-state index is 12.3. The van der Waals surface area contributed by atoms with E-state index in [-0.39, 0.29) is 24.2 Å². The summed E-state index contributed by atoms with van der Waals surface area (Å²) in [7, 11) is 0. The van der Waals surface area contributed by atoms with Crippen LogP contribution in [0.5, 0.6) is 0 Å². The fourth-order valence-corrected chi connectivity index (χ4v) is 2.00. The van der Waals surface area contributed by atoms with E-state index in [1.807, 2.05) is 0 Å². The number of nitrogens with two attached hydrogens (primary N) is 1. The molecule has 1 aliphatic rings. The molecule has 0 aromatic heterocycles. The van der Waals surface area contributed by atoms with Crippen LogP contribution in [0.3, 0.4) is 0 Å². The van der Waals surface area contributed by atoms with Crippen molar-refractivity contribution in [1.29, 1.82) is 0 Å². The Morgan fingerprint density at radius 3 is 2.60 bits per heavy atom. The highest BCUT2D eigenvalue weighted by atomic mass is 16.4. The summed E-state index contributed by atoms with van der Waals surface area (Å²) in [5.74, 6) is -0.365. The number of hydrogen-bond acceptors (Lipinski definition) is 4. The number of rotatable bonds is 2. The Labute approximate surface area is 116 Å². The first-order chi connectivity index (χ1) is 9.61. The highest BCUT2D eigenvalue weighted by molar-refractivity contribution is 6.00. The van der Waals surface area contributed by atoms with Crippen molar-refractivity contribution in [3.8, 4) is 0 Å². The van der Waals surface area contributed by atoms with E-state index in [1.54, 1.807) is 24.3 Å². The van der Waals surface area contributed by atoms with Gasteiger partial charge in [0.15, 0.2) is 5.84 Å². The van der Waals surface area contributed by atoms with Crippen LogP contribution in [0.15, 0.2) is 29.4 Å². The number of amidine groups is 1. The summed E-state index contributed by atoms with van der Waals surface area (Å²) in [6.45, 7) is 1.20. The Kier molecular flexibility index (Phi) is 4.19. The minimum Gasteiger partial charge on any atom is -0.409 e. The zero-order valence-corrected chi connectivity index (χ0v) is 10.9. The fraction of sp³-hybridized carbons (Fsp3) is 0.308. The van der Waals surface area contributed by atoms with Gasteiger partial charge in [0, 0.05) is 24.2 Å². The summed E-state index contributed by atoms with van der Waals surface area (Å²) in [6, 6.07) is 6.39. The van der Waals surface area contributed by atoms with Gasteiger partial charge in [-0.1, -0.05) is 17.3 Å². The molecular formula is C13H16N4O3. The Morgan fingerprint density at radius 1 is 1.30 bits per heavy atom. The van der Waals surface area contributed by atoms with E-state index in [4.69, 9.17) is 10.9 Å². The van der Waals surface area contributed by atoms with Gasteiger partial charge in [-0.05, 0) is 18.6 Å². The highest BCUT2D eigenvalue weighted by Crippen LogP contribution is 2.09. The minimum atomic E-state index is -0.201. The first kappa shape index (κ1) is 13.9. The van der Waals surface area contributed by atoms with Gasteiger partial charge >= 0.3 is 0 Å². The lowest BCUT2D eigenvalue weighted by atomic mass is 10.1. The third-order valence-electron chi connectivity index (χ3n) is 3.08. The van der Waals surface area contributed by atoms with Crippen molar-refractivity contribution < 1.29 is 14.8 Å². The topological polar surface area (TPSA) is 108 Å². The van der Waals surface area contributed by atoms with Gasteiger partial charge in [-0.15, -0.1) is 0 Å². The van der Waals surface area contributed by atoms with Crippen LogP contribution < -0.4 is 11.1 Å². The Balaban J connectivity index is 2.14. The van der Waals surface area contributed by atoms with E-state index in [0.29, 0.717) is 24.2 Å². The van der Waals surface area contributed by atoms with E-state index < -0.39 is 0 Å². The molecule has 1 fully saturated rings. The molecule has 7 heteroatoms. The van der Waals surface area contributed by atoms with Crippen LogP contribution >= 0.6 is 0 Å². The molecule has 1 aromatic carbocycles. The van der Waals surface area contributed by atoms with Gasteiger partial charge < -0.3 is 21.2 Å². The van der Waals surface area contributed by atoms with Crippen molar-refractivity contribution in [1.82, 2.24) is 10.2 Å². The Bertz CT molecular complexity index is 539. The molecule has 0 saturated carbocycles. The van der Waals surface area contributed by atoms with Gasteiger partial charge in [0.2, 0.25) is 5.91 Å². The van der Waals surface area contributed by atoms with Gasteiger partial charge in [-0.3, -0.25) is 9.59 Å². The molecule has 0 unspecified atom stereocenters. The van der Waals surface area contributed by atoms with E-state index in [9.17, 15) is 9.59 Å². The number of oxime groups is 1. The molecule has 1 saturated heterocycles. The number of carbonyl (C=O) groups is 2. The van der Waals surface area contributed by atoms with Crippen molar-refractivity contribution in [2.24, 2.45) is 10.9 Å². The molecule has 7 nitrogen and oxygen atoms in total. The van der Waals surface area contributed by atoms with Crippen LogP contribution in [0.1, 0.15) is 22.3 Å². The number of amides is 2. The zero-order chi connectivity index (χ0) is 14.5. The number of nitrogens with zero attached hydrogens (tertiary/aromatic N) is 2. The second-order valence-corrected chi connectivity index (χ2v) is 4.49. The fourth-order valence-electron chi connectivity index (χ4n) is 2.00. The number of benzene rings is 1. The predicted molar refractivity (Wildman–Crippen MR) is 72.5 cm³/mol. The SMILES string of the molecule is NC(=NO)c1ccc(C(=O)N2CCCNC(=O)C2)cc1. The Hall–Kier alpha value is -2.57. The molecule has 106 valence electrons. The van der Waals surface area contributed by atoms with Gasteiger partial charge in [0.25, 0.3) is 5.91 Å². The van der Waals surface area contributed by atoms with Gasteiger partial charge in [0.1, 0.15) is 0 Å². The van der Waals surface area contributed by atoms with Gasteiger partial charge in [-0.2, -0.15) is 0 Å². The lowest BCUT2D eigenvalue weighted by molar-refractivity contribution is -0.121. The molecule has 1 heterocycles. The smallest absolute Gasteiger partial charge is 0.254 e. The molecule has 0 radical (unpaired) electrons. The summed E-state index contributed by atoms with van der Waals surface area (Å²) < 4.78 is 0. The van der Waals surface area contributed by atoms with E-state index in [1.165, 1.54) is 4.90 Å². The Morgan fingerprint density at radius 2 is 1.95 bits per heavy atom. The lowest BCUT2D eigenvalue weighted by Gasteiger charge is -2.19. The molecule has 0 atom stereocenters. The van der Waals surface area contributed by atoms with Crippen LogP contribution in [0, 0.1) is 0 Å². The largest absolute Gasteiger partial charge is 0.409 e. The van der Waals surface area contributed by atoms with Crippen LogP contribution in [0.4, 0.5) is 0 Å². The third-order valence-corrected chi connectivity index (χ3v) is 3.08.